The number of hydrogen-bond acceptors (Lipinski definition) is 5. The number of rotatable bonds is 3. The van der Waals surface area contributed by atoms with Crippen LogP contribution in [0.3, 0.4) is 0 Å². The van der Waals surface area contributed by atoms with E-state index in [9.17, 15) is 14.7 Å². The van der Waals surface area contributed by atoms with Crippen LogP contribution in [0, 0.1) is 0 Å². The van der Waals surface area contributed by atoms with Crippen molar-refractivity contribution in [3.8, 4) is 17.3 Å². The SMILES string of the molecule is COc1ccc(-n2c(=O)c([C@@H]3NCCc4c3[nH]c3ccccc43)c(O)n(C)c2=O)cc1. The maximum atomic E-state index is 13.5. The maximum Gasteiger partial charge on any atom is 0.338 e. The maximum absolute atomic E-state index is 13.5. The van der Waals surface area contributed by atoms with Crippen LogP contribution < -0.4 is 21.3 Å². The van der Waals surface area contributed by atoms with Gasteiger partial charge in [-0.15, -0.1) is 0 Å². The van der Waals surface area contributed by atoms with Crippen LogP contribution in [0.2, 0.25) is 0 Å². The molecule has 3 heterocycles. The molecule has 8 nitrogen and oxygen atoms in total. The summed E-state index contributed by atoms with van der Waals surface area (Å²) in [6.07, 6.45) is 0.801. The highest BCUT2D eigenvalue weighted by Crippen LogP contribution is 2.34. The second-order valence-corrected chi connectivity index (χ2v) is 7.62. The summed E-state index contributed by atoms with van der Waals surface area (Å²) in [6, 6.07) is 14.0. The smallest absolute Gasteiger partial charge is 0.338 e. The van der Waals surface area contributed by atoms with E-state index in [4.69, 9.17) is 4.74 Å². The molecule has 0 bridgehead atoms. The fourth-order valence-electron chi connectivity index (χ4n) is 4.36. The van der Waals surface area contributed by atoms with Gasteiger partial charge in [-0.2, -0.15) is 0 Å². The monoisotopic (exact) mass is 418 g/mol. The van der Waals surface area contributed by atoms with Crippen molar-refractivity contribution in [1.29, 1.82) is 0 Å². The summed E-state index contributed by atoms with van der Waals surface area (Å²) in [5.41, 5.74) is 2.27. The lowest BCUT2D eigenvalue weighted by Gasteiger charge is -2.26. The Bertz CT molecular complexity index is 1410. The number of fused-ring (bicyclic) bond motifs is 3. The largest absolute Gasteiger partial charge is 0.497 e. The van der Waals surface area contributed by atoms with Crippen molar-refractivity contribution in [2.75, 3.05) is 13.7 Å². The van der Waals surface area contributed by atoms with E-state index in [1.807, 2.05) is 24.3 Å². The van der Waals surface area contributed by atoms with E-state index < -0.39 is 17.3 Å². The van der Waals surface area contributed by atoms with Gasteiger partial charge in [0.1, 0.15) is 11.3 Å². The molecule has 31 heavy (non-hydrogen) atoms. The number of para-hydroxylation sites is 1. The zero-order valence-electron chi connectivity index (χ0n) is 17.2. The Balaban J connectivity index is 1.75. The predicted octanol–water partition coefficient (Wildman–Crippen LogP) is 1.97. The van der Waals surface area contributed by atoms with Gasteiger partial charge in [-0.25, -0.2) is 9.36 Å². The van der Waals surface area contributed by atoms with Crippen molar-refractivity contribution in [3.63, 3.8) is 0 Å². The first-order chi connectivity index (χ1) is 15.0. The van der Waals surface area contributed by atoms with E-state index in [1.165, 1.54) is 7.05 Å². The fraction of sp³-hybridized carbons (Fsp3) is 0.217. The van der Waals surface area contributed by atoms with Crippen LogP contribution >= 0.6 is 0 Å². The molecule has 2 aromatic carbocycles. The Labute approximate surface area is 177 Å². The normalized spacial score (nSPS) is 15.7. The lowest BCUT2D eigenvalue weighted by Crippen LogP contribution is -2.43. The van der Waals surface area contributed by atoms with E-state index in [0.717, 1.165) is 37.7 Å². The average molecular weight is 418 g/mol. The van der Waals surface area contributed by atoms with Gasteiger partial charge < -0.3 is 20.1 Å². The van der Waals surface area contributed by atoms with Crippen molar-refractivity contribution in [2.24, 2.45) is 7.05 Å². The van der Waals surface area contributed by atoms with Crippen LogP contribution in [0.15, 0.2) is 58.1 Å². The second kappa shape index (κ2) is 7.17. The third-order valence-corrected chi connectivity index (χ3v) is 5.95. The number of nitrogens with zero attached hydrogens (tertiary/aromatic N) is 2. The van der Waals surface area contributed by atoms with Gasteiger partial charge in [0.05, 0.1) is 18.8 Å². The first-order valence-electron chi connectivity index (χ1n) is 10.0. The Morgan fingerprint density at radius 1 is 1.10 bits per heavy atom. The molecular formula is C23H22N4O4. The Hall–Kier alpha value is -3.78. The third-order valence-electron chi connectivity index (χ3n) is 5.95. The molecule has 1 aliphatic heterocycles. The van der Waals surface area contributed by atoms with Gasteiger partial charge in [-0.1, -0.05) is 18.2 Å². The van der Waals surface area contributed by atoms with Gasteiger partial charge in [0.25, 0.3) is 5.56 Å². The number of hydrogen-bond donors (Lipinski definition) is 3. The van der Waals surface area contributed by atoms with Crippen LogP contribution in [0.5, 0.6) is 11.6 Å². The van der Waals surface area contributed by atoms with Crippen LogP contribution in [0.4, 0.5) is 0 Å². The van der Waals surface area contributed by atoms with Crippen LogP contribution in [-0.4, -0.2) is 32.9 Å². The molecule has 0 unspecified atom stereocenters. The molecule has 0 saturated heterocycles. The number of aromatic nitrogens is 3. The van der Waals surface area contributed by atoms with Crippen molar-refractivity contribution in [1.82, 2.24) is 19.4 Å². The van der Waals surface area contributed by atoms with Crippen LogP contribution in [0.1, 0.15) is 22.9 Å². The Morgan fingerprint density at radius 3 is 2.58 bits per heavy atom. The molecule has 0 radical (unpaired) electrons. The Morgan fingerprint density at radius 2 is 1.84 bits per heavy atom. The van der Waals surface area contributed by atoms with Crippen LogP contribution in [0.25, 0.3) is 16.6 Å². The molecule has 0 amide bonds. The summed E-state index contributed by atoms with van der Waals surface area (Å²) >= 11 is 0. The summed E-state index contributed by atoms with van der Waals surface area (Å²) in [6.45, 7) is 0.643. The highest BCUT2D eigenvalue weighted by molar-refractivity contribution is 5.85. The molecule has 0 spiro atoms. The number of benzene rings is 2. The van der Waals surface area contributed by atoms with E-state index >= 15 is 0 Å². The summed E-state index contributed by atoms with van der Waals surface area (Å²) in [5, 5.41) is 15.3. The van der Waals surface area contributed by atoms with Gasteiger partial charge in [0, 0.05) is 30.2 Å². The van der Waals surface area contributed by atoms with E-state index in [2.05, 4.69) is 10.3 Å². The minimum atomic E-state index is -0.621. The number of ether oxygens (including phenoxy) is 1. The van der Waals surface area contributed by atoms with Gasteiger partial charge in [-0.3, -0.25) is 9.36 Å². The molecule has 1 atom stereocenters. The highest BCUT2D eigenvalue weighted by Gasteiger charge is 2.32. The fourth-order valence-corrected chi connectivity index (χ4v) is 4.36. The number of aromatic hydroxyl groups is 1. The second-order valence-electron chi connectivity index (χ2n) is 7.62. The van der Waals surface area contributed by atoms with Gasteiger partial charge in [0.2, 0.25) is 5.88 Å². The van der Waals surface area contributed by atoms with Crippen molar-refractivity contribution in [3.05, 3.63) is 86.2 Å². The number of aromatic amines is 1. The van der Waals surface area contributed by atoms with Crippen LogP contribution in [-0.2, 0) is 13.5 Å². The molecule has 8 heteroatoms. The molecule has 1 aliphatic rings. The topological polar surface area (TPSA) is 101 Å². The minimum Gasteiger partial charge on any atom is -0.497 e. The molecule has 4 aromatic rings. The highest BCUT2D eigenvalue weighted by atomic mass is 16.5. The standard InChI is InChI=1S/C23H22N4O4/c1-26-21(28)18(22(29)27(23(26)30)13-7-9-14(31-2)10-8-13)20-19-16(11-12-24-20)15-5-3-4-6-17(15)25-19/h3-10,20,24-25,28H,11-12H2,1-2H3/t20-/m0/s1. The third kappa shape index (κ3) is 2.87. The van der Waals surface area contributed by atoms with E-state index in [-0.39, 0.29) is 11.4 Å². The summed E-state index contributed by atoms with van der Waals surface area (Å²) in [4.78, 5) is 29.8. The average Bonchev–Trinajstić information content (AvgIpc) is 3.18. The molecule has 0 aliphatic carbocycles. The molecule has 0 saturated carbocycles. The molecule has 3 N–H and O–H groups in total. The van der Waals surface area contributed by atoms with Gasteiger partial charge in [-0.05, 0) is 42.3 Å². The van der Waals surface area contributed by atoms with Gasteiger partial charge >= 0.3 is 5.69 Å². The van der Waals surface area contributed by atoms with Crippen molar-refractivity contribution < 1.29 is 9.84 Å². The zero-order chi connectivity index (χ0) is 21.7. The van der Waals surface area contributed by atoms with Crippen molar-refractivity contribution in [2.45, 2.75) is 12.5 Å². The summed E-state index contributed by atoms with van der Waals surface area (Å²) < 4.78 is 7.34. The molecule has 2 aromatic heterocycles. The van der Waals surface area contributed by atoms with Gasteiger partial charge in [0.15, 0.2) is 0 Å². The van der Waals surface area contributed by atoms with E-state index in [1.54, 1.807) is 31.4 Å². The molecule has 158 valence electrons. The summed E-state index contributed by atoms with van der Waals surface area (Å²) in [5.74, 6) is 0.271. The number of H-pyrrole nitrogens is 1. The van der Waals surface area contributed by atoms with Crippen molar-refractivity contribution >= 4 is 10.9 Å². The molecular weight excluding hydrogens is 396 g/mol. The zero-order valence-corrected chi connectivity index (χ0v) is 17.2. The lowest BCUT2D eigenvalue weighted by atomic mass is 9.95. The predicted molar refractivity (Wildman–Crippen MR) is 117 cm³/mol. The Kier molecular flexibility index (Phi) is 4.44. The number of nitrogens with one attached hydrogen (secondary N) is 2. The molecule has 0 fully saturated rings. The summed E-state index contributed by atoms with van der Waals surface area (Å²) in [7, 11) is 3.00. The number of methoxy groups -OCH3 is 1. The lowest BCUT2D eigenvalue weighted by molar-refractivity contribution is 0.394. The molecule has 5 rings (SSSR count). The first-order valence-corrected chi connectivity index (χ1v) is 10.0. The quantitative estimate of drug-likeness (QED) is 0.472. The first kappa shape index (κ1) is 19.2. The minimum absolute atomic E-state index is 0.130. The van der Waals surface area contributed by atoms with E-state index in [0.29, 0.717) is 18.0 Å².